The van der Waals surface area contributed by atoms with Crippen LogP contribution in [-0.2, 0) is 4.79 Å². The first-order valence-electron chi connectivity index (χ1n) is 5.49. The van der Waals surface area contributed by atoms with Gasteiger partial charge in [0.25, 0.3) is 0 Å². The van der Waals surface area contributed by atoms with E-state index < -0.39 is 0 Å². The number of hydrogen-bond acceptors (Lipinski definition) is 3. The minimum atomic E-state index is -0.293. The Labute approximate surface area is 110 Å². The van der Waals surface area contributed by atoms with E-state index in [9.17, 15) is 4.79 Å². The summed E-state index contributed by atoms with van der Waals surface area (Å²) in [4.78, 5) is 13.4. The van der Waals surface area contributed by atoms with Crippen molar-refractivity contribution in [1.82, 2.24) is 10.2 Å². The Morgan fingerprint density at radius 1 is 1.76 bits per heavy atom. The number of hydrogen-bond donors (Lipinski definition) is 2. The summed E-state index contributed by atoms with van der Waals surface area (Å²) in [7, 11) is 0. The van der Waals surface area contributed by atoms with Crippen LogP contribution in [0.4, 0.5) is 0 Å². The summed E-state index contributed by atoms with van der Waals surface area (Å²) < 4.78 is 0. The predicted molar refractivity (Wildman–Crippen MR) is 74.3 cm³/mol. The molecule has 0 aliphatic carbocycles. The second kappa shape index (κ2) is 5.10. The molecule has 1 amide bonds. The number of carbonyl (C=O) groups excluding carboxylic acids is 1. The van der Waals surface area contributed by atoms with Crippen LogP contribution in [0.3, 0.4) is 0 Å². The maximum absolute atomic E-state index is 11.4. The molecular formula is C11H15N3OS2. The predicted octanol–water partition coefficient (Wildman–Crippen LogP) is 0.813. The number of amides is 1. The molecule has 4 nitrogen and oxygen atoms in total. The van der Waals surface area contributed by atoms with Crippen LogP contribution in [0.5, 0.6) is 0 Å². The molecule has 0 bridgehead atoms. The number of primary amides is 1. The van der Waals surface area contributed by atoms with Crippen molar-refractivity contribution in [2.45, 2.75) is 6.92 Å². The SMILES string of the molecule is CCN1C=CC2=C(NC1=S)C(C(N)=O)CSC2. The summed E-state index contributed by atoms with van der Waals surface area (Å²) in [6, 6.07) is 0. The van der Waals surface area contributed by atoms with Gasteiger partial charge in [-0.2, -0.15) is 11.8 Å². The zero-order valence-electron chi connectivity index (χ0n) is 9.60. The third-order valence-electron chi connectivity index (χ3n) is 2.88. The summed E-state index contributed by atoms with van der Waals surface area (Å²) in [6.07, 6.45) is 3.98. The molecule has 1 unspecified atom stereocenters. The Kier molecular flexibility index (Phi) is 3.73. The van der Waals surface area contributed by atoms with Gasteiger partial charge in [0, 0.05) is 29.9 Å². The molecule has 92 valence electrons. The molecule has 0 saturated heterocycles. The van der Waals surface area contributed by atoms with Crippen LogP contribution >= 0.6 is 24.0 Å². The third-order valence-corrected chi connectivity index (χ3v) is 4.30. The first-order chi connectivity index (χ1) is 8.13. The van der Waals surface area contributed by atoms with E-state index >= 15 is 0 Å². The van der Waals surface area contributed by atoms with Crippen molar-refractivity contribution in [3.8, 4) is 0 Å². The van der Waals surface area contributed by atoms with E-state index in [4.69, 9.17) is 18.0 Å². The van der Waals surface area contributed by atoms with Gasteiger partial charge in [0.1, 0.15) is 0 Å². The number of thiocarbonyl (C=S) groups is 1. The van der Waals surface area contributed by atoms with Gasteiger partial charge in [-0.15, -0.1) is 0 Å². The van der Waals surface area contributed by atoms with Gasteiger partial charge in [0.2, 0.25) is 5.91 Å². The number of rotatable bonds is 2. The zero-order valence-corrected chi connectivity index (χ0v) is 11.2. The summed E-state index contributed by atoms with van der Waals surface area (Å²) in [5, 5.41) is 3.80. The highest BCUT2D eigenvalue weighted by Gasteiger charge is 2.29. The van der Waals surface area contributed by atoms with Crippen molar-refractivity contribution in [2.75, 3.05) is 18.1 Å². The van der Waals surface area contributed by atoms with Crippen LogP contribution in [0.1, 0.15) is 6.92 Å². The minimum Gasteiger partial charge on any atom is -0.369 e. The Morgan fingerprint density at radius 3 is 3.18 bits per heavy atom. The highest BCUT2D eigenvalue weighted by atomic mass is 32.2. The molecule has 2 aliphatic heterocycles. The number of thioether (sulfide) groups is 1. The fourth-order valence-corrected chi connectivity index (χ4v) is 3.34. The zero-order chi connectivity index (χ0) is 12.4. The van der Waals surface area contributed by atoms with Crippen molar-refractivity contribution in [2.24, 2.45) is 11.7 Å². The highest BCUT2D eigenvalue weighted by Crippen LogP contribution is 2.29. The largest absolute Gasteiger partial charge is 0.369 e. The maximum atomic E-state index is 11.4. The highest BCUT2D eigenvalue weighted by molar-refractivity contribution is 7.99. The van der Waals surface area contributed by atoms with E-state index in [2.05, 4.69) is 5.32 Å². The fraction of sp³-hybridized carbons (Fsp3) is 0.455. The van der Waals surface area contributed by atoms with Crippen molar-refractivity contribution < 1.29 is 4.79 Å². The Bertz CT molecular complexity index is 417. The van der Waals surface area contributed by atoms with Crippen LogP contribution in [0, 0.1) is 5.92 Å². The molecule has 0 aromatic rings. The standard InChI is InChI=1S/C11H15N3OS2/c1-2-14-4-3-7-5-17-6-8(10(12)15)9(7)13-11(14)16/h3-4,8H,2,5-6H2,1H3,(H2,12,15)(H,13,16). The van der Waals surface area contributed by atoms with E-state index in [0.717, 1.165) is 29.3 Å². The Balaban J connectivity index is 2.32. The average Bonchev–Trinajstić information content (AvgIpc) is 2.46. The first-order valence-corrected chi connectivity index (χ1v) is 7.05. The molecular weight excluding hydrogens is 254 g/mol. The second-order valence-electron chi connectivity index (χ2n) is 3.94. The molecule has 0 saturated carbocycles. The van der Waals surface area contributed by atoms with Gasteiger partial charge >= 0.3 is 0 Å². The lowest BCUT2D eigenvalue weighted by Gasteiger charge is -2.26. The first kappa shape index (κ1) is 12.4. The molecule has 3 N–H and O–H groups in total. The lowest BCUT2D eigenvalue weighted by atomic mass is 10.0. The average molecular weight is 269 g/mol. The minimum absolute atomic E-state index is 0.261. The number of allylic oxidation sites excluding steroid dienone is 1. The molecule has 0 aromatic heterocycles. The monoisotopic (exact) mass is 269 g/mol. The molecule has 0 radical (unpaired) electrons. The van der Waals surface area contributed by atoms with Crippen LogP contribution < -0.4 is 11.1 Å². The van der Waals surface area contributed by atoms with Crippen molar-refractivity contribution in [3.63, 3.8) is 0 Å². The molecule has 2 aliphatic rings. The van der Waals surface area contributed by atoms with Gasteiger partial charge in [-0.1, -0.05) is 0 Å². The Hall–Kier alpha value is -1.01. The van der Waals surface area contributed by atoms with Gasteiger partial charge in [-0.25, -0.2) is 0 Å². The van der Waals surface area contributed by atoms with Gasteiger partial charge in [0.15, 0.2) is 5.11 Å². The van der Waals surface area contributed by atoms with Crippen molar-refractivity contribution >= 4 is 35.0 Å². The second-order valence-corrected chi connectivity index (χ2v) is 5.36. The van der Waals surface area contributed by atoms with Crippen molar-refractivity contribution in [1.29, 1.82) is 0 Å². The number of carbonyl (C=O) groups is 1. The van der Waals surface area contributed by atoms with Gasteiger partial charge in [-0.05, 0) is 30.8 Å². The molecule has 1 atom stereocenters. The topological polar surface area (TPSA) is 58.4 Å². The Morgan fingerprint density at radius 2 is 2.53 bits per heavy atom. The van der Waals surface area contributed by atoms with E-state index in [-0.39, 0.29) is 11.8 Å². The molecule has 0 aromatic carbocycles. The molecule has 6 heteroatoms. The van der Waals surface area contributed by atoms with Crippen LogP contribution in [0.15, 0.2) is 23.5 Å². The van der Waals surface area contributed by atoms with Crippen molar-refractivity contribution in [3.05, 3.63) is 23.5 Å². The molecule has 2 rings (SSSR count). The van der Waals surface area contributed by atoms with Crippen LogP contribution in [0.2, 0.25) is 0 Å². The fourth-order valence-electron chi connectivity index (χ4n) is 1.88. The smallest absolute Gasteiger partial charge is 0.227 e. The van der Waals surface area contributed by atoms with Gasteiger partial charge < -0.3 is 16.0 Å². The molecule has 0 fully saturated rings. The quantitative estimate of drug-likeness (QED) is 0.727. The maximum Gasteiger partial charge on any atom is 0.227 e. The molecule has 2 heterocycles. The number of nitrogens with zero attached hydrogens (tertiary/aromatic N) is 1. The van der Waals surface area contributed by atoms with Gasteiger partial charge in [-0.3, -0.25) is 4.79 Å². The lowest BCUT2D eigenvalue weighted by molar-refractivity contribution is -0.120. The van der Waals surface area contributed by atoms with Crippen LogP contribution in [-0.4, -0.2) is 34.0 Å². The number of nitrogens with one attached hydrogen (secondary N) is 1. The summed E-state index contributed by atoms with van der Waals surface area (Å²) in [5.41, 5.74) is 7.43. The van der Waals surface area contributed by atoms with E-state index in [1.807, 2.05) is 24.1 Å². The molecule has 17 heavy (non-hydrogen) atoms. The summed E-state index contributed by atoms with van der Waals surface area (Å²) in [6.45, 7) is 2.83. The summed E-state index contributed by atoms with van der Waals surface area (Å²) >= 11 is 7.02. The van der Waals surface area contributed by atoms with E-state index in [1.54, 1.807) is 11.8 Å². The van der Waals surface area contributed by atoms with E-state index in [1.165, 1.54) is 0 Å². The van der Waals surface area contributed by atoms with Crippen LogP contribution in [0.25, 0.3) is 0 Å². The number of nitrogens with two attached hydrogens (primary N) is 1. The lowest BCUT2D eigenvalue weighted by Crippen LogP contribution is -2.41. The third kappa shape index (κ3) is 2.47. The van der Waals surface area contributed by atoms with E-state index in [0.29, 0.717) is 5.11 Å². The molecule has 0 spiro atoms. The summed E-state index contributed by atoms with van der Waals surface area (Å²) in [5.74, 6) is 1.06. The van der Waals surface area contributed by atoms with Gasteiger partial charge in [0.05, 0.1) is 5.92 Å². The normalized spacial score (nSPS) is 24.2.